The lowest BCUT2D eigenvalue weighted by Gasteiger charge is -2.34. The number of carbonyl (C=O) groups excluding carboxylic acids is 1. The highest BCUT2D eigenvalue weighted by Crippen LogP contribution is 2.32. The molecule has 2 aromatic carbocycles. The van der Waals surface area contributed by atoms with Gasteiger partial charge in [0.05, 0.1) is 27.5 Å². The Kier molecular flexibility index (Phi) is 6.15. The number of sulfone groups is 1. The van der Waals surface area contributed by atoms with Gasteiger partial charge < -0.3 is 14.5 Å². The summed E-state index contributed by atoms with van der Waals surface area (Å²) in [6.07, 6.45) is 0. The predicted molar refractivity (Wildman–Crippen MR) is 123 cm³/mol. The second-order valence-corrected chi connectivity index (χ2v) is 10.6. The second kappa shape index (κ2) is 8.84. The van der Waals surface area contributed by atoms with Crippen molar-refractivity contribution >= 4 is 42.4 Å². The summed E-state index contributed by atoms with van der Waals surface area (Å²) in [6, 6.07) is 12.1. The molecule has 1 fully saturated rings. The highest BCUT2D eigenvalue weighted by atomic mass is 32.2. The number of rotatable bonds is 6. The zero-order valence-corrected chi connectivity index (χ0v) is 19.2. The highest BCUT2D eigenvalue weighted by Gasteiger charge is 2.24. The van der Waals surface area contributed by atoms with Crippen molar-refractivity contribution in [1.29, 1.82) is 0 Å². The Morgan fingerprint density at radius 1 is 1.06 bits per heavy atom. The van der Waals surface area contributed by atoms with Crippen molar-refractivity contribution in [3.8, 4) is 5.75 Å². The first-order chi connectivity index (χ1) is 14.9. The third kappa shape index (κ3) is 4.52. The molecule has 0 unspecified atom stereocenters. The Morgan fingerprint density at radius 2 is 1.77 bits per heavy atom. The molecule has 1 amide bonds. The normalized spacial score (nSPS) is 14.8. The summed E-state index contributed by atoms with van der Waals surface area (Å²) in [5.74, 6) is 0.810. The van der Waals surface area contributed by atoms with Gasteiger partial charge in [0.25, 0.3) is 5.91 Å². The minimum Gasteiger partial charge on any atom is -0.494 e. The molecule has 2 heterocycles. The molecule has 1 aliphatic rings. The van der Waals surface area contributed by atoms with E-state index in [-0.39, 0.29) is 16.6 Å². The molecule has 0 spiro atoms. The smallest absolute Gasteiger partial charge is 0.253 e. The first-order valence-corrected chi connectivity index (χ1v) is 12.8. The molecule has 0 N–H and O–H groups in total. The van der Waals surface area contributed by atoms with E-state index in [2.05, 4.69) is 4.90 Å². The summed E-state index contributed by atoms with van der Waals surface area (Å²) >= 11 is 1.63. The van der Waals surface area contributed by atoms with E-state index in [0.29, 0.717) is 38.3 Å². The van der Waals surface area contributed by atoms with E-state index in [4.69, 9.17) is 9.72 Å². The van der Waals surface area contributed by atoms with Crippen LogP contribution in [0.2, 0.25) is 0 Å². The maximum absolute atomic E-state index is 12.8. The summed E-state index contributed by atoms with van der Waals surface area (Å²) in [5.41, 5.74) is 1.45. The summed E-state index contributed by atoms with van der Waals surface area (Å²) in [5, 5.41) is 0.949. The zero-order valence-electron chi connectivity index (χ0n) is 17.6. The lowest BCUT2D eigenvalue weighted by atomic mass is 10.2. The van der Waals surface area contributed by atoms with Crippen LogP contribution in [0.3, 0.4) is 0 Å². The van der Waals surface area contributed by atoms with E-state index in [1.54, 1.807) is 35.3 Å². The van der Waals surface area contributed by atoms with Gasteiger partial charge in [-0.1, -0.05) is 18.3 Å². The van der Waals surface area contributed by atoms with Gasteiger partial charge >= 0.3 is 0 Å². The molecular weight excluding hydrogens is 434 g/mol. The van der Waals surface area contributed by atoms with Gasteiger partial charge in [-0.25, -0.2) is 13.4 Å². The van der Waals surface area contributed by atoms with Crippen molar-refractivity contribution in [2.75, 3.05) is 43.4 Å². The van der Waals surface area contributed by atoms with E-state index in [9.17, 15) is 13.2 Å². The molecule has 1 aliphatic heterocycles. The second-order valence-electron chi connectivity index (χ2n) is 7.27. The van der Waals surface area contributed by atoms with Gasteiger partial charge in [0.2, 0.25) is 0 Å². The van der Waals surface area contributed by atoms with Crippen LogP contribution in [0.5, 0.6) is 5.75 Å². The Hall–Kier alpha value is -2.65. The van der Waals surface area contributed by atoms with E-state index in [1.165, 1.54) is 12.1 Å². The fourth-order valence-corrected chi connectivity index (χ4v) is 5.47. The van der Waals surface area contributed by atoms with Crippen LogP contribution in [0.1, 0.15) is 24.2 Å². The fourth-order valence-electron chi connectivity index (χ4n) is 3.54. The van der Waals surface area contributed by atoms with Crippen molar-refractivity contribution in [1.82, 2.24) is 9.88 Å². The number of amides is 1. The SMILES string of the molecule is CCOc1ccc2nc(N3CCN(C(=O)c4ccc(S(=O)(=O)CC)cc4)CC3)sc2c1. The minimum atomic E-state index is -3.27. The molecule has 0 radical (unpaired) electrons. The summed E-state index contributed by atoms with van der Waals surface area (Å²) in [4.78, 5) is 21.8. The number of ether oxygens (including phenoxy) is 1. The van der Waals surface area contributed by atoms with E-state index in [0.717, 1.165) is 21.1 Å². The number of hydrogen-bond acceptors (Lipinski definition) is 7. The molecule has 164 valence electrons. The van der Waals surface area contributed by atoms with Crippen molar-refractivity contribution < 1.29 is 17.9 Å². The molecule has 31 heavy (non-hydrogen) atoms. The number of carbonyl (C=O) groups is 1. The average molecular weight is 460 g/mol. The number of thiazole rings is 1. The van der Waals surface area contributed by atoms with Gasteiger partial charge in [-0.15, -0.1) is 0 Å². The van der Waals surface area contributed by atoms with Gasteiger partial charge in [-0.2, -0.15) is 0 Å². The third-order valence-electron chi connectivity index (χ3n) is 5.34. The molecule has 0 aliphatic carbocycles. The highest BCUT2D eigenvalue weighted by molar-refractivity contribution is 7.91. The monoisotopic (exact) mass is 459 g/mol. The van der Waals surface area contributed by atoms with E-state index >= 15 is 0 Å². The maximum Gasteiger partial charge on any atom is 0.253 e. The van der Waals surface area contributed by atoms with Gasteiger partial charge in [0, 0.05) is 31.7 Å². The minimum absolute atomic E-state index is 0.0426. The number of fused-ring (bicyclic) bond motifs is 1. The molecule has 3 aromatic rings. The van der Waals surface area contributed by atoms with Gasteiger partial charge in [0.1, 0.15) is 5.75 Å². The van der Waals surface area contributed by atoms with Crippen LogP contribution < -0.4 is 9.64 Å². The molecule has 9 heteroatoms. The Bertz CT molecular complexity index is 1180. The number of aromatic nitrogens is 1. The van der Waals surface area contributed by atoms with Crippen molar-refractivity contribution in [2.24, 2.45) is 0 Å². The Labute approximate surface area is 186 Å². The summed E-state index contributed by atoms with van der Waals surface area (Å²) in [6.45, 7) is 6.78. The number of anilines is 1. The molecule has 1 aromatic heterocycles. The molecule has 7 nitrogen and oxygen atoms in total. The van der Waals surface area contributed by atoms with Crippen LogP contribution in [0.4, 0.5) is 5.13 Å². The Morgan fingerprint density at radius 3 is 2.42 bits per heavy atom. The van der Waals surface area contributed by atoms with Crippen LogP contribution in [-0.2, 0) is 9.84 Å². The number of nitrogens with zero attached hydrogens (tertiary/aromatic N) is 3. The largest absolute Gasteiger partial charge is 0.494 e. The summed E-state index contributed by atoms with van der Waals surface area (Å²) < 4.78 is 30.6. The number of hydrogen-bond donors (Lipinski definition) is 0. The first-order valence-electron chi connectivity index (χ1n) is 10.3. The lowest BCUT2D eigenvalue weighted by molar-refractivity contribution is 0.0746. The van der Waals surface area contributed by atoms with Crippen molar-refractivity contribution in [2.45, 2.75) is 18.7 Å². The summed E-state index contributed by atoms with van der Waals surface area (Å²) in [7, 11) is -3.27. The molecule has 0 bridgehead atoms. The van der Waals surface area contributed by atoms with Crippen molar-refractivity contribution in [3.63, 3.8) is 0 Å². The molecule has 1 saturated heterocycles. The van der Waals surface area contributed by atoms with Crippen LogP contribution in [0.15, 0.2) is 47.4 Å². The van der Waals surface area contributed by atoms with E-state index < -0.39 is 9.84 Å². The average Bonchev–Trinajstić information content (AvgIpc) is 3.22. The van der Waals surface area contributed by atoms with Crippen molar-refractivity contribution in [3.05, 3.63) is 48.0 Å². The van der Waals surface area contributed by atoms with Crippen LogP contribution >= 0.6 is 11.3 Å². The Balaban J connectivity index is 1.41. The van der Waals surface area contributed by atoms with Gasteiger partial charge in [0.15, 0.2) is 15.0 Å². The fraction of sp³-hybridized carbons (Fsp3) is 0.364. The topological polar surface area (TPSA) is 79.8 Å². The molecule has 0 atom stereocenters. The van der Waals surface area contributed by atoms with Gasteiger partial charge in [-0.3, -0.25) is 4.79 Å². The quantitative estimate of drug-likeness (QED) is 0.562. The molecular formula is C22H25N3O4S2. The van der Waals surface area contributed by atoms with Crippen LogP contribution in [0.25, 0.3) is 10.2 Å². The lowest BCUT2D eigenvalue weighted by Crippen LogP contribution is -2.48. The zero-order chi connectivity index (χ0) is 22.0. The van der Waals surface area contributed by atoms with Crippen LogP contribution in [-0.4, -0.2) is 62.7 Å². The standard InChI is InChI=1S/C22H25N3O4S2/c1-3-29-17-7-10-19-20(15-17)30-22(23-19)25-13-11-24(12-14-25)21(26)16-5-8-18(9-6-16)31(27,28)4-2/h5-10,15H,3-4,11-14H2,1-2H3. The first kappa shape index (κ1) is 21.6. The van der Waals surface area contributed by atoms with Crippen LogP contribution in [0, 0.1) is 0 Å². The molecule has 0 saturated carbocycles. The third-order valence-corrected chi connectivity index (χ3v) is 8.17. The van der Waals surface area contributed by atoms with E-state index in [1.807, 2.05) is 25.1 Å². The number of piperazine rings is 1. The molecule has 4 rings (SSSR count). The number of benzene rings is 2. The predicted octanol–water partition coefficient (Wildman–Crippen LogP) is 3.45. The maximum atomic E-state index is 12.8. The van der Waals surface area contributed by atoms with Gasteiger partial charge in [-0.05, 0) is 49.4 Å².